The Bertz CT molecular complexity index is 911. The number of hydrogen-bond donors (Lipinski definition) is 2. The lowest BCUT2D eigenvalue weighted by Gasteiger charge is -2.29. The largest absolute Gasteiger partial charge is 0.346 e. The van der Waals surface area contributed by atoms with E-state index < -0.39 is 5.41 Å². The maximum atomic E-state index is 13.1. The third kappa shape index (κ3) is 4.86. The van der Waals surface area contributed by atoms with Crippen LogP contribution in [0.3, 0.4) is 0 Å². The third-order valence-electron chi connectivity index (χ3n) is 4.78. The van der Waals surface area contributed by atoms with E-state index in [4.69, 9.17) is 0 Å². The average molecular weight is 372 g/mol. The lowest BCUT2D eigenvalue weighted by Crippen LogP contribution is -2.46. The molecule has 0 aliphatic carbocycles. The maximum absolute atomic E-state index is 13.1. The first-order chi connectivity index (χ1) is 13.6. The van der Waals surface area contributed by atoms with Crippen molar-refractivity contribution in [3.63, 3.8) is 0 Å². The Morgan fingerprint density at radius 3 is 1.93 bits per heavy atom. The first-order valence-corrected chi connectivity index (χ1v) is 9.30. The molecule has 0 spiro atoms. The van der Waals surface area contributed by atoms with Crippen LogP contribution in [0.25, 0.3) is 0 Å². The first-order valence-electron chi connectivity index (χ1n) is 9.30. The molecule has 0 fully saturated rings. The van der Waals surface area contributed by atoms with Crippen LogP contribution in [-0.4, -0.2) is 18.4 Å². The highest BCUT2D eigenvalue weighted by molar-refractivity contribution is 5.96. The Hall–Kier alpha value is -3.40. The molecule has 0 aliphatic rings. The number of benzene rings is 3. The number of carbonyl (C=O) groups is 2. The van der Waals surface area contributed by atoms with Gasteiger partial charge in [0.15, 0.2) is 0 Å². The van der Waals surface area contributed by atoms with Crippen LogP contribution >= 0.6 is 0 Å². The van der Waals surface area contributed by atoms with Crippen molar-refractivity contribution in [2.45, 2.75) is 18.8 Å². The maximum Gasteiger partial charge on any atom is 0.243 e. The summed E-state index contributed by atoms with van der Waals surface area (Å²) in [6.07, 6.45) is 0.546. The highest BCUT2D eigenvalue weighted by Gasteiger charge is 2.35. The van der Waals surface area contributed by atoms with E-state index in [1.54, 1.807) is 0 Å². The third-order valence-corrected chi connectivity index (χ3v) is 4.78. The van der Waals surface area contributed by atoms with Crippen LogP contribution in [0.2, 0.25) is 0 Å². The fourth-order valence-corrected chi connectivity index (χ4v) is 3.21. The monoisotopic (exact) mass is 372 g/mol. The molecular weight excluding hydrogens is 348 g/mol. The van der Waals surface area contributed by atoms with Gasteiger partial charge < -0.3 is 10.6 Å². The van der Waals surface area contributed by atoms with Crippen molar-refractivity contribution < 1.29 is 9.59 Å². The zero-order chi connectivity index (χ0) is 19.8. The molecule has 4 heteroatoms. The Labute approximate surface area is 165 Å². The van der Waals surface area contributed by atoms with Crippen molar-refractivity contribution in [3.8, 4) is 0 Å². The van der Waals surface area contributed by atoms with Gasteiger partial charge in [0, 0.05) is 5.69 Å². The van der Waals surface area contributed by atoms with Gasteiger partial charge in [-0.25, -0.2) is 0 Å². The van der Waals surface area contributed by atoms with Crippen LogP contribution in [-0.2, 0) is 21.4 Å². The van der Waals surface area contributed by atoms with E-state index in [1.807, 2.05) is 97.9 Å². The Kier molecular flexibility index (Phi) is 6.22. The van der Waals surface area contributed by atoms with Crippen LogP contribution in [0.5, 0.6) is 0 Å². The first kappa shape index (κ1) is 19.4. The molecule has 3 aromatic carbocycles. The van der Waals surface area contributed by atoms with Gasteiger partial charge in [-0.15, -0.1) is 0 Å². The molecule has 2 amide bonds. The molecule has 2 N–H and O–H groups in total. The molecule has 3 aromatic rings. The molecule has 0 aliphatic heterocycles. The van der Waals surface area contributed by atoms with Gasteiger partial charge in [0.2, 0.25) is 11.8 Å². The highest BCUT2D eigenvalue weighted by Crippen LogP contribution is 2.28. The van der Waals surface area contributed by atoms with Crippen molar-refractivity contribution >= 4 is 17.5 Å². The Morgan fingerprint density at radius 2 is 1.32 bits per heavy atom. The molecule has 3 rings (SSSR count). The van der Waals surface area contributed by atoms with Gasteiger partial charge in [0.05, 0.1) is 12.0 Å². The van der Waals surface area contributed by atoms with Gasteiger partial charge in [-0.1, -0.05) is 78.9 Å². The van der Waals surface area contributed by atoms with Crippen LogP contribution in [0.1, 0.15) is 18.1 Å². The standard InChI is InChI=1S/C24H24N2O2/c1-24(20-13-7-3-8-14-20,17-19-11-5-2-6-12-19)23(28)25-18-22(27)26-21-15-9-4-10-16-21/h2-16H,17-18H2,1H3,(H,25,28)(H,26,27). The minimum atomic E-state index is -0.782. The van der Waals surface area contributed by atoms with Gasteiger partial charge in [-0.3, -0.25) is 9.59 Å². The number of rotatable bonds is 7. The summed E-state index contributed by atoms with van der Waals surface area (Å²) in [5.74, 6) is -0.430. The molecule has 0 bridgehead atoms. The van der Waals surface area contributed by atoms with Crippen LogP contribution in [0.4, 0.5) is 5.69 Å². The molecule has 1 unspecified atom stereocenters. The van der Waals surface area contributed by atoms with E-state index >= 15 is 0 Å². The van der Waals surface area contributed by atoms with E-state index in [9.17, 15) is 9.59 Å². The summed E-state index contributed by atoms with van der Waals surface area (Å²) in [6.45, 7) is 1.84. The number of carbonyl (C=O) groups excluding carboxylic acids is 2. The summed E-state index contributed by atoms with van der Waals surface area (Å²) in [7, 11) is 0. The van der Waals surface area contributed by atoms with E-state index in [-0.39, 0.29) is 18.4 Å². The van der Waals surface area contributed by atoms with Crippen LogP contribution in [0, 0.1) is 0 Å². The molecule has 4 nitrogen and oxygen atoms in total. The van der Waals surface area contributed by atoms with Crippen molar-refractivity contribution in [2.24, 2.45) is 0 Å². The van der Waals surface area contributed by atoms with Gasteiger partial charge in [-0.05, 0) is 36.6 Å². The second-order valence-electron chi connectivity index (χ2n) is 6.96. The molecule has 0 radical (unpaired) electrons. The van der Waals surface area contributed by atoms with E-state index in [2.05, 4.69) is 10.6 Å². The molecular formula is C24H24N2O2. The SMILES string of the molecule is CC(Cc1ccccc1)(C(=O)NCC(=O)Nc1ccccc1)c1ccccc1. The fourth-order valence-electron chi connectivity index (χ4n) is 3.21. The average Bonchev–Trinajstić information content (AvgIpc) is 2.74. The zero-order valence-corrected chi connectivity index (χ0v) is 15.9. The minimum Gasteiger partial charge on any atom is -0.346 e. The van der Waals surface area contributed by atoms with Crippen LogP contribution < -0.4 is 10.6 Å². The lowest BCUT2D eigenvalue weighted by atomic mass is 9.76. The van der Waals surface area contributed by atoms with Crippen molar-refractivity contribution in [2.75, 3.05) is 11.9 Å². The molecule has 0 aromatic heterocycles. The number of hydrogen-bond acceptors (Lipinski definition) is 2. The summed E-state index contributed by atoms with van der Waals surface area (Å²) in [5.41, 5.74) is 1.91. The predicted octanol–water partition coefficient (Wildman–Crippen LogP) is 3.94. The molecule has 1 atom stereocenters. The number of anilines is 1. The minimum absolute atomic E-state index is 0.0784. The van der Waals surface area contributed by atoms with Gasteiger partial charge in [0.1, 0.15) is 0 Å². The summed E-state index contributed by atoms with van der Waals surface area (Å²) >= 11 is 0. The van der Waals surface area contributed by atoms with Crippen LogP contribution in [0.15, 0.2) is 91.0 Å². The molecule has 0 saturated carbocycles. The van der Waals surface area contributed by atoms with E-state index in [1.165, 1.54) is 0 Å². The molecule has 28 heavy (non-hydrogen) atoms. The second-order valence-corrected chi connectivity index (χ2v) is 6.96. The molecule has 0 saturated heterocycles. The van der Waals surface area contributed by atoms with Crippen molar-refractivity contribution in [1.29, 1.82) is 0 Å². The highest BCUT2D eigenvalue weighted by atomic mass is 16.2. The quantitative estimate of drug-likeness (QED) is 0.660. The summed E-state index contributed by atoms with van der Waals surface area (Å²) in [6, 6.07) is 28.8. The van der Waals surface area contributed by atoms with Crippen molar-refractivity contribution in [1.82, 2.24) is 5.32 Å². The Morgan fingerprint density at radius 1 is 0.786 bits per heavy atom. The topological polar surface area (TPSA) is 58.2 Å². The second kappa shape index (κ2) is 9.00. The summed E-state index contributed by atoms with van der Waals surface area (Å²) in [4.78, 5) is 25.3. The lowest BCUT2D eigenvalue weighted by molar-refractivity contribution is -0.128. The number of para-hydroxylation sites is 1. The molecule has 142 valence electrons. The molecule has 0 heterocycles. The smallest absolute Gasteiger partial charge is 0.243 e. The van der Waals surface area contributed by atoms with E-state index in [0.717, 1.165) is 11.1 Å². The Balaban J connectivity index is 1.72. The van der Waals surface area contributed by atoms with E-state index in [0.29, 0.717) is 12.1 Å². The fraction of sp³-hybridized carbons (Fsp3) is 0.167. The van der Waals surface area contributed by atoms with Gasteiger partial charge in [0.25, 0.3) is 0 Å². The normalized spacial score (nSPS) is 12.6. The number of nitrogens with one attached hydrogen (secondary N) is 2. The zero-order valence-electron chi connectivity index (χ0n) is 15.9. The predicted molar refractivity (Wildman–Crippen MR) is 112 cm³/mol. The van der Waals surface area contributed by atoms with Gasteiger partial charge in [-0.2, -0.15) is 0 Å². The van der Waals surface area contributed by atoms with Gasteiger partial charge >= 0.3 is 0 Å². The van der Waals surface area contributed by atoms with Crippen molar-refractivity contribution in [3.05, 3.63) is 102 Å². The summed E-state index contributed by atoms with van der Waals surface area (Å²) in [5, 5.41) is 5.60. The number of amides is 2. The summed E-state index contributed by atoms with van der Waals surface area (Å²) < 4.78 is 0.